The molecule has 0 aliphatic heterocycles. The van der Waals surface area contributed by atoms with Gasteiger partial charge >= 0.3 is 0 Å². The molecule has 0 aliphatic carbocycles. The molecule has 0 spiro atoms. The number of carbonyl (C=O) groups excluding carboxylic acids is 1. The summed E-state index contributed by atoms with van der Waals surface area (Å²) in [6, 6.07) is 22.0. The molecule has 0 unspecified atom stereocenters. The fraction of sp³-hybridized carbons (Fsp3) is 0.269. The van der Waals surface area contributed by atoms with E-state index >= 15 is 0 Å². The van der Waals surface area contributed by atoms with Crippen LogP contribution in [0.2, 0.25) is 0 Å². The molecule has 2 aromatic carbocycles. The number of carbonyl (C=O) groups is 1. The third kappa shape index (κ3) is 4.96. The number of fused-ring (bicyclic) bond motifs is 1. The minimum atomic E-state index is 0.0884. The van der Waals surface area contributed by atoms with Crippen LogP contribution in [0, 0.1) is 11.3 Å². The Balaban J connectivity index is 1.33. The molecular weight excluding hydrogens is 400 g/mol. The van der Waals surface area contributed by atoms with Gasteiger partial charge in [-0.25, -0.2) is 0 Å². The lowest BCUT2D eigenvalue weighted by Gasteiger charge is -2.14. The number of aromatic nitrogens is 2. The number of likely N-dealkylation sites (N-methyl/N-ethyl adjacent to an activating group) is 1. The predicted octanol–water partition coefficient (Wildman–Crippen LogP) is 4.96. The fourth-order valence-electron chi connectivity index (χ4n) is 3.93. The number of para-hydroxylation sites is 1. The minimum absolute atomic E-state index is 0.0884. The zero-order chi connectivity index (χ0) is 22.3. The highest BCUT2D eigenvalue weighted by Crippen LogP contribution is 2.23. The first-order valence-corrected chi connectivity index (χ1v) is 10.8. The standard InChI is InChI=1S/C26H26N4O2/c1-29(15-7-11-21-17-24(28-32-21)20-9-3-2-4-10-20)19-26(31)23-18-30(16-8-14-27)25-13-6-5-12-22(23)25/h2-6,9-10,12-13,17-18H,7-8,11,15-16,19H2,1H3. The van der Waals surface area contributed by atoms with Crippen LogP contribution in [-0.2, 0) is 13.0 Å². The first kappa shape index (κ1) is 21.5. The van der Waals surface area contributed by atoms with E-state index in [-0.39, 0.29) is 5.78 Å². The number of nitrogens with zero attached hydrogens (tertiary/aromatic N) is 4. The Morgan fingerprint density at radius 2 is 1.94 bits per heavy atom. The quantitative estimate of drug-likeness (QED) is 0.335. The second-order valence-electron chi connectivity index (χ2n) is 7.97. The minimum Gasteiger partial charge on any atom is -0.361 e. The highest BCUT2D eigenvalue weighted by Gasteiger charge is 2.16. The lowest BCUT2D eigenvalue weighted by molar-refractivity contribution is 0.0947. The topological polar surface area (TPSA) is 75.1 Å². The van der Waals surface area contributed by atoms with Crippen LogP contribution in [0.15, 0.2) is 71.4 Å². The van der Waals surface area contributed by atoms with E-state index in [1.807, 2.05) is 83.4 Å². The van der Waals surface area contributed by atoms with Crippen molar-refractivity contribution in [3.8, 4) is 17.3 Å². The smallest absolute Gasteiger partial charge is 0.178 e. The number of benzene rings is 2. The lowest BCUT2D eigenvalue weighted by atomic mass is 10.1. The third-order valence-corrected chi connectivity index (χ3v) is 5.56. The summed E-state index contributed by atoms with van der Waals surface area (Å²) >= 11 is 0. The summed E-state index contributed by atoms with van der Waals surface area (Å²) in [6.07, 6.45) is 3.95. The van der Waals surface area contributed by atoms with Gasteiger partial charge in [-0.3, -0.25) is 9.69 Å². The molecular formula is C26H26N4O2. The number of Topliss-reactive ketones (excluding diaryl/α,β-unsaturated/α-hetero) is 1. The van der Waals surface area contributed by atoms with E-state index < -0.39 is 0 Å². The van der Waals surface area contributed by atoms with Gasteiger partial charge in [0.2, 0.25) is 0 Å². The highest BCUT2D eigenvalue weighted by molar-refractivity contribution is 6.09. The molecule has 0 bridgehead atoms. The number of aryl methyl sites for hydroxylation is 2. The number of ketones is 1. The maximum Gasteiger partial charge on any atom is 0.178 e. The largest absolute Gasteiger partial charge is 0.361 e. The van der Waals surface area contributed by atoms with E-state index in [9.17, 15) is 4.79 Å². The van der Waals surface area contributed by atoms with Crippen molar-refractivity contribution in [1.82, 2.24) is 14.6 Å². The average molecular weight is 427 g/mol. The molecule has 0 amide bonds. The lowest BCUT2D eigenvalue weighted by Crippen LogP contribution is -2.27. The van der Waals surface area contributed by atoms with E-state index in [1.165, 1.54) is 0 Å². The van der Waals surface area contributed by atoms with Crippen LogP contribution < -0.4 is 0 Å². The van der Waals surface area contributed by atoms with Crippen LogP contribution in [0.1, 0.15) is 29.0 Å². The number of hydrogen-bond acceptors (Lipinski definition) is 5. The Bertz CT molecular complexity index is 1230. The maximum absolute atomic E-state index is 13.0. The van der Waals surface area contributed by atoms with Crippen molar-refractivity contribution >= 4 is 16.7 Å². The van der Waals surface area contributed by atoms with Crippen LogP contribution in [0.3, 0.4) is 0 Å². The average Bonchev–Trinajstić information content (AvgIpc) is 3.43. The van der Waals surface area contributed by atoms with Crippen LogP contribution in [0.25, 0.3) is 22.2 Å². The Kier molecular flexibility index (Phi) is 6.78. The molecule has 0 saturated heterocycles. The van der Waals surface area contributed by atoms with Crippen LogP contribution in [0.4, 0.5) is 0 Å². The van der Waals surface area contributed by atoms with E-state index in [0.717, 1.165) is 47.3 Å². The van der Waals surface area contributed by atoms with Crippen molar-refractivity contribution in [2.75, 3.05) is 20.1 Å². The normalized spacial score (nSPS) is 11.2. The Morgan fingerprint density at radius 1 is 1.16 bits per heavy atom. The molecule has 6 nitrogen and oxygen atoms in total. The van der Waals surface area contributed by atoms with E-state index in [2.05, 4.69) is 11.2 Å². The molecule has 162 valence electrons. The first-order chi connectivity index (χ1) is 15.7. The van der Waals surface area contributed by atoms with Crippen molar-refractivity contribution in [2.45, 2.75) is 25.8 Å². The summed E-state index contributed by atoms with van der Waals surface area (Å²) in [7, 11) is 1.96. The summed E-state index contributed by atoms with van der Waals surface area (Å²) in [5.41, 5.74) is 3.59. The molecule has 4 aromatic rings. The van der Waals surface area contributed by atoms with Gasteiger partial charge in [-0.15, -0.1) is 0 Å². The molecule has 0 N–H and O–H groups in total. The van der Waals surface area contributed by atoms with Crippen molar-refractivity contribution in [1.29, 1.82) is 5.26 Å². The number of rotatable bonds is 10. The van der Waals surface area contributed by atoms with Gasteiger partial charge in [0.25, 0.3) is 0 Å². The fourth-order valence-corrected chi connectivity index (χ4v) is 3.93. The second-order valence-corrected chi connectivity index (χ2v) is 7.97. The van der Waals surface area contributed by atoms with Crippen molar-refractivity contribution in [3.05, 3.63) is 78.2 Å². The summed E-state index contributed by atoms with van der Waals surface area (Å²) in [6.45, 7) is 1.71. The Morgan fingerprint density at radius 3 is 2.75 bits per heavy atom. The predicted molar refractivity (Wildman–Crippen MR) is 124 cm³/mol. The maximum atomic E-state index is 13.0. The number of nitriles is 1. The Hall–Kier alpha value is -3.69. The van der Waals surface area contributed by atoms with Gasteiger partial charge in [-0.1, -0.05) is 53.7 Å². The Labute approximate surface area is 187 Å². The monoisotopic (exact) mass is 426 g/mol. The highest BCUT2D eigenvalue weighted by atomic mass is 16.5. The molecule has 0 radical (unpaired) electrons. The molecule has 2 aromatic heterocycles. The van der Waals surface area contributed by atoms with Gasteiger partial charge in [0, 0.05) is 47.3 Å². The summed E-state index contributed by atoms with van der Waals surface area (Å²) in [5.74, 6) is 0.939. The zero-order valence-corrected chi connectivity index (χ0v) is 18.2. The molecule has 6 heteroatoms. The van der Waals surface area contributed by atoms with Crippen molar-refractivity contribution in [2.24, 2.45) is 0 Å². The van der Waals surface area contributed by atoms with Gasteiger partial charge < -0.3 is 9.09 Å². The van der Waals surface area contributed by atoms with Gasteiger partial charge in [-0.2, -0.15) is 5.26 Å². The van der Waals surface area contributed by atoms with Crippen molar-refractivity contribution in [3.63, 3.8) is 0 Å². The SMILES string of the molecule is CN(CCCc1cc(-c2ccccc2)no1)CC(=O)c1cn(CCC#N)c2ccccc12. The summed E-state index contributed by atoms with van der Waals surface area (Å²) in [5, 5.41) is 14.0. The van der Waals surface area contributed by atoms with E-state index in [1.54, 1.807) is 0 Å². The molecule has 2 heterocycles. The molecule has 0 atom stereocenters. The molecule has 0 saturated carbocycles. The summed E-state index contributed by atoms with van der Waals surface area (Å²) < 4.78 is 7.47. The van der Waals surface area contributed by atoms with Crippen molar-refractivity contribution < 1.29 is 9.32 Å². The first-order valence-electron chi connectivity index (χ1n) is 10.8. The van der Waals surface area contributed by atoms with E-state index in [0.29, 0.717) is 25.1 Å². The van der Waals surface area contributed by atoms with Gasteiger partial charge in [0.1, 0.15) is 11.5 Å². The molecule has 32 heavy (non-hydrogen) atoms. The van der Waals surface area contributed by atoms with Crippen LogP contribution in [-0.4, -0.2) is 40.5 Å². The number of hydrogen-bond donors (Lipinski definition) is 0. The van der Waals surface area contributed by atoms with Gasteiger partial charge in [0.15, 0.2) is 5.78 Å². The zero-order valence-electron chi connectivity index (χ0n) is 18.2. The third-order valence-electron chi connectivity index (χ3n) is 5.56. The molecule has 4 rings (SSSR count). The van der Waals surface area contributed by atoms with E-state index in [4.69, 9.17) is 9.78 Å². The van der Waals surface area contributed by atoms with Crippen LogP contribution in [0.5, 0.6) is 0 Å². The second kappa shape index (κ2) is 10.1. The van der Waals surface area contributed by atoms with Crippen LogP contribution >= 0.6 is 0 Å². The van der Waals surface area contributed by atoms with Gasteiger partial charge in [-0.05, 0) is 26.1 Å². The molecule has 0 fully saturated rings. The van der Waals surface area contributed by atoms with Gasteiger partial charge in [0.05, 0.1) is 19.0 Å². The molecule has 0 aliphatic rings. The summed E-state index contributed by atoms with van der Waals surface area (Å²) in [4.78, 5) is 15.0.